The SMILES string of the molecule is Cc1cc(OCC(=O)O)ccc1NC(=O)C(C)(C)c1ccc(OCC(C)C)cc1. The molecule has 0 saturated heterocycles. The summed E-state index contributed by atoms with van der Waals surface area (Å²) in [6.07, 6.45) is 0. The van der Waals surface area contributed by atoms with Crippen LogP contribution in [0.15, 0.2) is 42.5 Å². The number of aliphatic carboxylic acids is 1. The molecule has 0 aliphatic carbocycles. The van der Waals surface area contributed by atoms with Gasteiger partial charge >= 0.3 is 5.97 Å². The van der Waals surface area contributed by atoms with Crippen molar-refractivity contribution in [3.05, 3.63) is 53.6 Å². The zero-order valence-corrected chi connectivity index (χ0v) is 17.6. The minimum absolute atomic E-state index is 0.143. The number of hydrogen-bond acceptors (Lipinski definition) is 4. The van der Waals surface area contributed by atoms with Crippen LogP contribution in [0.3, 0.4) is 0 Å². The number of carboxylic acid groups (broad SMARTS) is 1. The number of benzene rings is 2. The second-order valence-electron chi connectivity index (χ2n) is 7.97. The Hall–Kier alpha value is -3.02. The first-order valence-corrected chi connectivity index (χ1v) is 9.59. The van der Waals surface area contributed by atoms with Gasteiger partial charge in [0, 0.05) is 5.69 Å². The van der Waals surface area contributed by atoms with E-state index in [2.05, 4.69) is 19.2 Å². The summed E-state index contributed by atoms with van der Waals surface area (Å²) in [5.41, 5.74) is 1.57. The van der Waals surface area contributed by atoms with Crippen LogP contribution in [0.5, 0.6) is 11.5 Å². The maximum Gasteiger partial charge on any atom is 0.341 e. The van der Waals surface area contributed by atoms with E-state index in [-0.39, 0.29) is 5.91 Å². The summed E-state index contributed by atoms with van der Waals surface area (Å²) in [4.78, 5) is 23.5. The Morgan fingerprint density at radius 2 is 1.66 bits per heavy atom. The zero-order chi connectivity index (χ0) is 21.6. The van der Waals surface area contributed by atoms with Crippen molar-refractivity contribution in [2.75, 3.05) is 18.5 Å². The van der Waals surface area contributed by atoms with Crippen LogP contribution in [0.2, 0.25) is 0 Å². The van der Waals surface area contributed by atoms with Gasteiger partial charge in [0.15, 0.2) is 6.61 Å². The molecule has 0 aliphatic rings. The second kappa shape index (κ2) is 9.45. The van der Waals surface area contributed by atoms with E-state index in [0.29, 0.717) is 24.0 Å². The maximum absolute atomic E-state index is 12.9. The minimum atomic E-state index is -1.04. The summed E-state index contributed by atoms with van der Waals surface area (Å²) < 4.78 is 10.9. The Morgan fingerprint density at radius 1 is 1.03 bits per heavy atom. The van der Waals surface area contributed by atoms with Gasteiger partial charge in [-0.25, -0.2) is 4.79 Å². The highest BCUT2D eigenvalue weighted by Gasteiger charge is 2.30. The Bertz CT molecular complexity index is 856. The molecule has 2 N–H and O–H groups in total. The molecule has 0 bridgehead atoms. The van der Waals surface area contributed by atoms with E-state index in [0.717, 1.165) is 16.9 Å². The highest BCUT2D eigenvalue weighted by atomic mass is 16.5. The van der Waals surface area contributed by atoms with Crippen molar-refractivity contribution >= 4 is 17.6 Å². The van der Waals surface area contributed by atoms with E-state index >= 15 is 0 Å². The number of nitrogens with one attached hydrogen (secondary N) is 1. The summed E-state index contributed by atoms with van der Waals surface area (Å²) in [6.45, 7) is 9.99. The monoisotopic (exact) mass is 399 g/mol. The number of amides is 1. The average molecular weight is 399 g/mol. The van der Waals surface area contributed by atoms with Gasteiger partial charge in [0.1, 0.15) is 11.5 Å². The molecule has 1 amide bonds. The normalized spacial score (nSPS) is 11.2. The molecule has 0 atom stereocenters. The van der Waals surface area contributed by atoms with Gasteiger partial charge in [-0.2, -0.15) is 0 Å². The van der Waals surface area contributed by atoms with Gasteiger partial charge in [-0.3, -0.25) is 4.79 Å². The van der Waals surface area contributed by atoms with Gasteiger partial charge in [-0.05, 0) is 68.1 Å². The van der Waals surface area contributed by atoms with Crippen molar-refractivity contribution in [2.24, 2.45) is 5.92 Å². The number of carbonyl (C=O) groups excluding carboxylic acids is 1. The third kappa shape index (κ3) is 6.24. The van der Waals surface area contributed by atoms with Crippen LogP contribution in [0.25, 0.3) is 0 Å². The lowest BCUT2D eigenvalue weighted by molar-refractivity contribution is -0.139. The van der Waals surface area contributed by atoms with Gasteiger partial charge < -0.3 is 19.9 Å². The van der Waals surface area contributed by atoms with E-state index in [1.165, 1.54) is 0 Å². The summed E-state index contributed by atoms with van der Waals surface area (Å²) in [5, 5.41) is 11.7. The fourth-order valence-electron chi connectivity index (χ4n) is 2.65. The number of ether oxygens (including phenoxy) is 2. The molecule has 2 aromatic rings. The van der Waals surface area contributed by atoms with Crippen LogP contribution >= 0.6 is 0 Å². The molecule has 0 fully saturated rings. The van der Waals surface area contributed by atoms with Crippen LogP contribution in [-0.4, -0.2) is 30.2 Å². The average Bonchev–Trinajstić information content (AvgIpc) is 2.66. The van der Waals surface area contributed by atoms with Crippen LogP contribution in [-0.2, 0) is 15.0 Å². The molecular weight excluding hydrogens is 370 g/mol. The van der Waals surface area contributed by atoms with E-state index in [1.54, 1.807) is 18.2 Å². The number of carbonyl (C=O) groups is 2. The highest BCUT2D eigenvalue weighted by molar-refractivity contribution is 5.99. The van der Waals surface area contributed by atoms with E-state index in [1.807, 2.05) is 45.0 Å². The fraction of sp³-hybridized carbons (Fsp3) is 0.391. The second-order valence-corrected chi connectivity index (χ2v) is 7.97. The van der Waals surface area contributed by atoms with Crippen LogP contribution in [0, 0.1) is 12.8 Å². The van der Waals surface area contributed by atoms with Crippen LogP contribution in [0.4, 0.5) is 5.69 Å². The lowest BCUT2D eigenvalue weighted by atomic mass is 9.83. The predicted molar refractivity (Wildman–Crippen MR) is 113 cm³/mol. The number of aryl methyl sites for hydroxylation is 1. The summed E-state index contributed by atoms with van der Waals surface area (Å²) >= 11 is 0. The molecule has 0 unspecified atom stereocenters. The molecule has 0 aliphatic heterocycles. The molecule has 0 saturated carbocycles. The van der Waals surface area contributed by atoms with Crippen molar-refractivity contribution in [3.63, 3.8) is 0 Å². The quantitative estimate of drug-likeness (QED) is 0.652. The zero-order valence-electron chi connectivity index (χ0n) is 17.6. The van der Waals surface area contributed by atoms with Crippen molar-refractivity contribution in [3.8, 4) is 11.5 Å². The van der Waals surface area contributed by atoms with Crippen molar-refractivity contribution < 1.29 is 24.2 Å². The topological polar surface area (TPSA) is 84.9 Å². The molecule has 0 radical (unpaired) electrons. The molecular formula is C23H29NO5. The van der Waals surface area contributed by atoms with E-state index in [9.17, 15) is 9.59 Å². The van der Waals surface area contributed by atoms with Crippen LogP contribution < -0.4 is 14.8 Å². The molecule has 2 rings (SSSR count). The van der Waals surface area contributed by atoms with E-state index in [4.69, 9.17) is 14.6 Å². The lowest BCUT2D eigenvalue weighted by Crippen LogP contribution is -2.34. The largest absolute Gasteiger partial charge is 0.493 e. The van der Waals surface area contributed by atoms with Crippen molar-refractivity contribution in [1.29, 1.82) is 0 Å². The van der Waals surface area contributed by atoms with Gasteiger partial charge in [-0.1, -0.05) is 26.0 Å². The molecule has 29 heavy (non-hydrogen) atoms. The predicted octanol–water partition coefficient (Wildman–Crippen LogP) is 4.41. The van der Waals surface area contributed by atoms with E-state index < -0.39 is 18.0 Å². The first-order chi connectivity index (χ1) is 13.6. The highest BCUT2D eigenvalue weighted by Crippen LogP contribution is 2.29. The molecule has 0 heterocycles. The van der Waals surface area contributed by atoms with Gasteiger partial charge in [0.2, 0.25) is 5.91 Å². The molecule has 2 aromatic carbocycles. The van der Waals surface area contributed by atoms with Gasteiger partial charge in [-0.15, -0.1) is 0 Å². The first kappa shape index (κ1) is 22.3. The number of carboxylic acids is 1. The van der Waals surface area contributed by atoms with Crippen molar-refractivity contribution in [2.45, 2.75) is 40.0 Å². The third-order valence-corrected chi connectivity index (χ3v) is 4.54. The summed E-state index contributed by atoms with van der Waals surface area (Å²) in [7, 11) is 0. The van der Waals surface area contributed by atoms with Crippen molar-refractivity contribution in [1.82, 2.24) is 0 Å². The lowest BCUT2D eigenvalue weighted by Gasteiger charge is -2.25. The van der Waals surface area contributed by atoms with Crippen LogP contribution in [0.1, 0.15) is 38.8 Å². The molecule has 156 valence electrons. The third-order valence-electron chi connectivity index (χ3n) is 4.54. The minimum Gasteiger partial charge on any atom is -0.493 e. The molecule has 0 spiro atoms. The standard InChI is InChI=1S/C23H29NO5/c1-15(2)13-28-18-8-6-17(7-9-18)23(4,5)22(27)24-20-11-10-19(12-16(20)3)29-14-21(25)26/h6-12,15H,13-14H2,1-5H3,(H,24,27)(H,25,26). The fourth-order valence-corrected chi connectivity index (χ4v) is 2.65. The van der Waals surface area contributed by atoms with Gasteiger partial charge in [0.05, 0.1) is 12.0 Å². The maximum atomic E-state index is 12.9. The Labute approximate surface area is 171 Å². The molecule has 0 aromatic heterocycles. The smallest absolute Gasteiger partial charge is 0.341 e. The number of hydrogen-bond donors (Lipinski definition) is 2. The number of anilines is 1. The number of rotatable bonds is 9. The summed E-state index contributed by atoms with van der Waals surface area (Å²) in [6, 6.07) is 12.6. The Kier molecular flexibility index (Phi) is 7.26. The first-order valence-electron chi connectivity index (χ1n) is 9.59. The Balaban J connectivity index is 2.07. The van der Waals surface area contributed by atoms with Gasteiger partial charge in [0.25, 0.3) is 0 Å². The Morgan fingerprint density at radius 3 is 2.21 bits per heavy atom. The molecule has 6 heteroatoms. The molecule has 6 nitrogen and oxygen atoms in total. The summed E-state index contributed by atoms with van der Waals surface area (Å²) in [5.74, 6) is 0.490.